The van der Waals surface area contributed by atoms with Gasteiger partial charge >= 0.3 is 0 Å². The van der Waals surface area contributed by atoms with E-state index in [1.807, 2.05) is 6.07 Å². The molecule has 4 nitrogen and oxygen atoms in total. The van der Waals surface area contributed by atoms with Crippen molar-refractivity contribution >= 4 is 11.6 Å². The van der Waals surface area contributed by atoms with Crippen molar-refractivity contribution < 1.29 is 4.79 Å². The lowest BCUT2D eigenvalue weighted by atomic mass is 10.0. The van der Waals surface area contributed by atoms with Crippen LogP contribution < -0.4 is 16.4 Å². The maximum atomic E-state index is 12.0. The molecule has 4 N–H and O–H groups in total. The van der Waals surface area contributed by atoms with Crippen LogP contribution in [-0.2, 0) is 4.79 Å². The fourth-order valence-electron chi connectivity index (χ4n) is 3.03. The Balaban J connectivity index is 1.86. The van der Waals surface area contributed by atoms with Crippen molar-refractivity contribution in [1.82, 2.24) is 5.32 Å². The Kier molecular flexibility index (Phi) is 5.01. The molecule has 0 heterocycles. The van der Waals surface area contributed by atoms with E-state index in [1.165, 1.54) is 11.1 Å². The molecule has 0 radical (unpaired) electrons. The minimum Gasteiger partial charge on any atom is -0.376 e. The summed E-state index contributed by atoms with van der Waals surface area (Å²) >= 11 is 0. The molecule has 0 aromatic heterocycles. The van der Waals surface area contributed by atoms with Crippen LogP contribution in [0.5, 0.6) is 0 Å². The molecule has 20 heavy (non-hydrogen) atoms. The quantitative estimate of drug-likeness (QED) is 0.769. The van der Waals surface area contributed by atoms with Crippen LogP contribution >= 0.6 is 0 Å². The van der Waals surface area contributed by atoms with Crippen LogP contribution in [0.1, 0.15) is 30.4 Å². The standard InChI is InChI=1S/C16H25N3O/c1-11-5-3-6-12(2)16(11)18-10-15(20)19-14-8-4-7-13(14)9-17/h3,5-6,13-14,18H,4,7-10,17H2,1-2H3,(H,19,20). The van der Waals surface area contributed by atoms with E-state index in [1.54, 1.807) is 0 Å². The lowest BCUT2D eigenvalue weighted by Crippen LogP contribution is -2.42. The van der Waals surface area contributed by atoms with Gasteiger partial charge in [0.15, 0.2) is 0 Å². The Morgan fingerprint density at radius 1 is 1.30 bits per heavy atom. The number of para-hydroxylation sites is 1. The van der Waals surface area contributed by atoms with Gasteiger partial charge in [-0.2, -0.15) is 0 Å². The fraction of sp³-hybridized carbons (Fsp3) is 0.562. The number of hydrogen-bond donors (Lipinski definition) is 3. The molecule has 2 unspecified atom stereocenters. The zero-order valence-electron chi connectivity index (χ0n) is 12.4. The number of aryl methyl sites for hydroxylation is 2. The number of nitrogens with one attached hydrogen (secondary N) is 2. The van der Waals surface area contributed by atoms with Gasteiger partial charge in [-0.3, -0.25) is 4.79 Å². The molecule has 2 rings (SSSR count). The van der Waals surface area contributed by atoms with E-state index >= 15 is 0 Å². The lowest BCUT2D eigenvalue weighted by molar-refractivity contribution is -0.120. The number of carbonyl (C=O) groups is 1. The molecule has 0 bridgehead atoms. The summed E-state index contributed by atoms with van der Waals surface area (Å²) in [7, 11) is 0. The average Bonchev–Trinajstić information content (AvgIpc) is 2.85. The smallest absolute Gasteiger partial charge is 0.239 e. The first kappa shape index (κ1) is 14.9. The summed E-state index contributed by atoms with van der Waals surface area (Å²) in [5, 5.41) is 6.35. The summed E-state index contributed by atoms with van der Waals surface area (Å²) in [4.78, 5) is 12.0. The van der Waals surface area contributed by atoms with Crippen molar-refractivity contribution in [2.24, 2.45) is 11.7 Å². The summed E-state index contributed by atoms with van der Waals surface area (Å²) in [6, 6.07) is 6.39. The molecule has 1 aliphatic rings. The Morgan fingerprint density at radius 3 is 2.65 bits per heavy atom. The van der Waals surface area contributed by atoms with Crippen LogP contribution in [0, 0.1) is 19.8 Å². The molecule has 0 saturated heterocycles. The van der Waals surface area contributed by atoms with E-state index in [0.717, 1.165) is 24.9 Å². The van der Waals surface area contributed by atoms with Gasteiger partial charge in [0.2, 0.25) is 5.91 Å². The highest BCUT2D eigenvalue weighted by Crippen LogP contribution is 2.24. The normalized spacial score (nSPS) is 21.8. The summed E-state index contributed by atoms with van der Waals surface area (Å²) in [6.07, 6.45) is 3.35. The molecule has 1 aromatic rings. The van der Waals surface area contributed by atoms with Crippen LogP contribution in [-0.4, -0.2) is 25.0 Å². The predicted octanol–water partition coefficient (Wildman–Crippen LogP) is 1.96. The molecule has 1 fully saturated rings. The van der Waals surface area contributed by atoms with Crippen LogP contribution in [0.4, 0.5) is 5.69 Å². The number of rotatable bonds is 5. The number of carbonyl (C=O) groups excluding carboxylic acids is 1. The minimum absolute atomic E-state index is 0.0537. The van der Waals surface area contributed by atoms with Crippen molar-refractivity contribution in [2.75, 3.05) is 18.4 Å². The van der Waals surface area contributed by atoms with Crippen LogP contribution in [0.3, 0.4) is 0 Å². The van der Waals surface area contributed by atoms with Gasteiger partial charge in [-0.1, -0.05) is 24.6 Å². The number of nitrogens with two attached hydrogens (primary N) is 1. The minimum atomic E-state index is 0.0537. The molecular formula is C16H25N3O. The molecule has 1 saturated carbocycles. The van der Waals surface area contributed by atoms with E-state index in [-0.39, 0.29) is 11.9 Å². The highest BCUT2D eigenvalue weighted by atomic mass is 16.2. The Hall–Kier alpha value is -1.55. The van der Waals surface area contributed by atoms with Crippen molar-refractivity contribution in [2.45, 2.75) is 39.2 Å². The topological polar surface area (TPSA) is 67.2 Å². The van der Waals surface area contributed by atoms with Crippen LogP contribution in [0.2, 0.25) is 0 Å². The van der Waals surface area contributed by atoms with E-state index in [2.05, 4.69) is 36.6 Å². The van der Waals surface area contributed by atoms with Crippen molar-refractivity contribution in [3.8, 4) is 0 Å². The first-order chi connectivity index (χ1) is 9.61. The molecule has 1 amide bonds. The SMILES string of the molecule is Cc1cccc(C)c1NCC(=O)NC1CCCC1CN. The Bertz CT molecular complexity index is 453. The van der Waals surface area contributed by atoms with E-state index < -0.39 is 0 Å². The second kappa shape index (κ2) is 6.75. The van der Waals surface area contributed by atoms with Gasteiger partial charge in [-0.15, -0.1) is 0 Å². The van der Waals surface area contributed by atoms with Gasteiger partial charge in [0.1, 0.15) is 0 Å². The molecule has 1 aromatic carbocycles. The highest BCUT2D eigenvalue weighted by Gasteiger charge is 2.27. The molecule has 110 valence electrons. The molecule has 0 spiro atoms. The van der Waals surface area contributed by atoms with E-state index in [9.17, 15) is 4.79 Å². The maximum Gasteiger partial charge on any atom is 0.239 e. The third-order valence-corrected chi connectivity index (χ3v) is 4.22. The van der Waals surface area contributed by atoms with E-state index in [0.29, 0.717) is 19.0 Å². The third-order valence-electron chi connectivity index (χ3n) is 4.22. The largest absolute Gasteiger partial charge is 0.376 e. The van der Waals surface area contributed by atoms with Gasteiger partial charge in [0, 0.05) is 11.7 Å². The van der Waals surface area contributed by atoms with Gasteiger partial charge in [0.25, 0.3) is 0 Å². The van der Waals surface area contributed by atoms with Gasteiger partial charge in [0.05, 0.1) is 6.54 Å². The van der Waals surface area contributed by atoms with Gasteiger partial charge < -0.3 is 16.4 Å². The van der Waals surface area contributed by atoms with Crippen LogP contribution in [0.15, 0.2) is 18.2 Å². The van der Waals surface area contributed by atoms with Crippen molar-refractivity contribution in [1.29, 1.82) is 0 Å². The second-order valence-electron chi connectivity index (χ2n) is 5.72. The second-order valence-corrected chi connectivity index (χ2v) is 5.72. The summed E-state index contributed by atoms with van der Waals surface area (Å²) in [5.74, 6) is 0.497. The highest BCUT2D eigenvalue weighted by molar-refractivity contribution is 5.81. The Labute approximate surface area is 121 Å². The zero-order valence-corrected chi connectivity index (χ0v) is 12.4. The molecule has 2 atom stereocenters. The number of amides is 1. The van der Waals surface area contributed by atoms with E-state index in [4.69, 9.17) is 5.73 Å². The Morgan fingerprint density at radius 2 is 2.00 bits per heavy atom. The summed E-state index contributed by atoms with van der Waals surface area (Å²) in [6.45, 7) is 5.08. The number of hydrogen-bond acceptors (Lipinski definition) is 3. The first-order valence-electron chi connectivity index (χ1n) is 7.41. The monoisotopic (exact) mass is 275 g/mol. The molecule has 4 heteroatoms. The lowest BCUT2D eigenvalue weighted by Gasteiger charge is -2.20. The predicted molar refractivity (Wildman–Crippen MR) is 82.7 cm³/mol. The third kappa shape index (κ3) is 3.51. The molecule has 0 aliphatic heterocycles. The molecular weight excluding hydrogens is 250 g/mol. The van der Waals surface area contributed by atoms with Crippen molar-refractivity contribution in [3.63, 3.8) is 0 Å². The van der Waals surface area contributed by atoms with Crippen molar-refractivity contribution in [3.05, 3.63) is 29.3 Å². The van der Waals surface area contributed by atoms with Gasteiger partial charge in [-0.05, 0) is 50.3 Å². The summed E-state index contributed by atoms with van der Waals surface area (Å²) in [5.41, 5.74) is 9.13. The van der Waals surface area contributed by atoms with Gasteiger partial charge in [-0.25, -0.2) is 0 Å². The zero-order chi connectivity index (χ0) is 14.5. The average molecular weight is 275 g/mol. The fourth-order valence-corrected chi connectivity index (χ4v) is 3.03. The maximum absolute atomic E-state index is 12.0. The molecule has 1 aliphatic carbocycles. The number of anilines is 1. The van der Waals surface area contributed by atoms with Crippen LogP contribution in [0.25, 0.3) is 0 Å². The summed E-state index contributed by atoms with van der Waals surface area (Å²) < 4.78 is 0. The first-order valence-corrected chi connectivity index (χ1v) is 7.41. The number of benzene rings is 1.